The van der Waals surface area contributed by atoms with Gasteiger partial charge < -0.3 is 0 Å². The SMILES string of the molecule is C/C=C/CCCCc1ccc(C#Cc2ccc(CCC3CCC(CCCCCCCC)CC3)cc2)cc1. The summed E-state index contributed by atoms with van der Waals surface area (Å²) < 4.78 is 0. The average Bonchev–Trinajstić information content (AvgIpc) is 2.94. The van der Waals surface area contributed by atoms with Crippen molar-refractivity contribution in [2.24, 2.45) is 11.8 Å². The Kier molecular flexibility index (Phi) is 14.3. The molecule has 0 saturated heterocycles. The van der Waals surface area contributed by atoms with Crippen LogP contribution >= 0.6 is 0 Å². The number of allylic oxidation sites excluding steroid dienone is 2. The fourth-order valence-electron chi connectivity index (χ4n) is 5.80. The largest absolute Gasteiger partial charge is 0.0917 e. The van der Waals surface area contributed by atoms with Crippen LogP contribution in [0.2, 0.25) is 0 Å². The molecule has 2 aromatic rings. The normalized spacial score (nSPS) is 17.6. The second-order valence-corrected chi connectivity index (χ2v) is 11.4. The van der Waals surface area contributed by atoms with Crippen LogP contribution in [0.15, 0.2) is 60.7 Å². The first kappa shape index (κ1) is 29.3. The minimum absolute atomic E-state index is 0.941. The zero-order valence-electron chi connectivity index (χ0n) is 23.9. The molecule has 3 rings (SSSR count). The molecule has 0 N–H and O–H groups in total. The lowest BCUT2D eigenvalue weighted by molar-refractivity contribution is 0.248. The summed E-state index contributed by atoms with van der Waals surface area (Å²) in [6.07, 6.45) is 27.8. The number of unbranched alkanes of at least 4 members (excludes halogenated alkanes) is 7. The number of hydrogen-bond acceptors (Lipinski definition) is 0. The molecule has 1 aliphatic rings. The lowest BCUT2D eigenvalue weighted by Crippen LogP contribution is -2.15. The van der Waals surface area contributed by atoms with E-state index in [-0.39, 0.29) is 0 Å². The molecule has 1 saturated carbocycles. The molecule has 0 radical (unpaired) electrons. The van der Waals surface area contributed by atoms with Crippen LogP contribution in [0.25, 0.3) is 0 Å². The van der Waals surface area contributed by atoms with Gasteiger partial charge in [0, 0.05) is 11.1 Å². The molecule has 1 fully saturated rings. The Morgan fingerprint density at radius 3 is 1.76 bits per heavy atom. The minimum atomic E-state index is 0.941. The van der Waals surface area contributed by atoms with Gasteiger partial charge in [0.2, 0.25) is 0 Å². The van der Waals surface area contributed by atoms with E-state index in [0.29, 0.717) is 0 Å². The van der Waals surface area contributed by atoms with E-state index < -0.39 is 0 Å². The Balaban J connectivity index is 1.32. The van der Waals surface area contributed by atoms with Crippen molar-refractivity contribution in [2.45, 2.75) is 123 Å². The minimum Gasteiger partial charge on any atom is -0.0917 e. The van der Waals surface area contributed by atoms with Gasteiger partial charge >= 0.3 is 0 Å². The Labute approximate surface area is 229 Å². The van der Waals surface area contributed by atoms with Crippen LogP contribution in [0.4, 0.5) is 0 Å². The van der Waals surface area contributed by atoms with E-state index in [2.05, 4.69) is 86.4 Å². The third-order valence-electron chi connectivity index (χ3n) is 8.35. The summed E-state index contributed by atoms with van der Waals surface area (Å²) in [5.41, 5.74) is 5.11. The predicted molar refractivity (Wildman–Crippen MR) is 163 cm³/mol. The van der Waals surface area contributed by atoms with Gasteiger partial charge in [0.1, 0.15) is 0 Å². The van der Waals surface area contributed by atoms with Crippen LogP contribution in [-0.2, 0) is 12.8 Å². The summed E-state index contributed by atoms with van der Waals surface area (Å²) in [5, 5.41) is 0. The molecular formula is C37H52. The van der Waals surface area contributed by atoms with Crippen molar-refractivity contribution in [1.82, 2.24) is 0 Å². The van der Waals surface area contributed by atoms with Crippen molar-refractivity contribution < 1.29 is 0 Å². The molecule has 0 spiro atoms. The van der Waals surface area contributed by atoms with Crippen molar-refractivity contribution >= 4 is 0 Å². The Hall–Kier alpha value is -2.26. The molecule has 0 nitrogen and oxygen atoms in total. The fraction of sp³-hybridized carbons (Fsp3) is 0.568. The summed E-state index contributed by atoms with van der Waals surface area (Å²) in [5.74, 6) is 8.66. The highest BCUT2D eigenvalue weighted by molar-refractivity contribution is 5.44. The molecule has 0 aliphatic heterocycles. The number of benzene rings is 2. The van der Waals surface area contributed by atoms with Crippen molar-refractivity contribution in [2.75, 3.05) is 0 Å². The van der Waals surface area contributed by atoms with Gasteiger partial charge in [-0.05, 0) is 92.7 Å². The van der Waals surface area contributed by atoms with E-state index in [9.17, 15) is 0 Å². The first-order valence-electron chi connectivity index (χ1n) is 15.6. The predicted octanol–water partition coefficient (Wildman–Crippen LogP) is 10.9. The molecule has 0 amide bonds. The van der Waals surface area contributed by atoms with E-state index in [0.717, 1.165) is 29.4 Å². The van der Waals surface area contributed by atoms with Crippen molar-refractivity contribution in [3.05, 3.63) is 82.9 Å². The topological polar surface area (TPSA) is 0 Å². The molecule has 0 bridgehead atoms. The first-order valence-corrected chi connectivity index (χ1v) is 15.6. The molecular weight excluding hydrogens is 444 g/mol. The zero-order chi connectivity index (χ0) is 26.0. The summed E-state index contributed by atoms with van der Waals surface area (Å²) in [4.78, 5) is 0. The van der Waals surface area contributed by atoms with Crippen LogP contribution in [0.1, 0.15) is 132 Å². The lowest BCUT2D eigenvalue weighted by atomic mass is 9.77. The quantitative estimate of drug-likeness (QED) is 0.131. The maximum atomic E-state index is 3.36. The summed E-state index contributed by atoms with van der Waals surface area (Å²) in [7, 11) is 0. The summed E-state index contributed by atoms with van der Waals surface area (Å²) >= 11 is 0. The molecule has 1 aliphatic carbocycles. The molecule has 0 heterocycles. The smallest absolute Gasteiger partial charge is 0.0249 e. The van der Waals surface area contributed by atoms with Crippen LogP contribution in [0.3, 0.4) is 0 Å². The molecule has 200 valence electrons. The van der Waals surface area contributed by atoms with E-state index >= 15 is 0 Å². The van der Waals surface area contributed by atoms with Crippen LogP contribution in [0, 0.1) is 23.7 Å². The van der Waals surface area contributed by atoms with Crippen LogP contribution < -0.4 is 0 Å². The number of rotatable bonds is 15. The molecule has 0 aromatic heterocycles. The van der Waals surface area contributed by atoms with E-state index in [4.69, 9.17) is 0 Å². The number of hydrogen-bond donors (Lipinski definition) is 0. The second kappa shape index (κ2) is 18.1. The standard InChI is InChI=1S/C37H52/c1-3-5-7-9-11-13-15-33-18-22-35(23-19-33)25-27-37-30-28-36(29-31-37)26-24-34-20-16-32(17-21-34)14-12-10-8-6-4-2/h4,6,16-17,20-21,28-31,33,35H,3,5,7-15,18-19,22-23,25,27H2,1-2H3/b6-4+. The maximum absolute atomic E-state index is 3.36. The molecule has 2 aromatic carbocycles. The average molecular weight is 497 g/mol. The second-order valence-electron chi connectivity index (χ2n) is 11.4. The monoisotopic (exact) mass is 496 g/mol. The van der Waals surface area contributed by atoms with Gasteiger partial charge in [-0.2, -0.15) is 0 Å². The van der Waals surface area contributed by atoms with Crippen molar-refractivity contribution in [3.63, 3.8) is 0 Å². The highest BCUT2D eigenvalue weighted by atomic mass is 14.3. The van der Waals surface area contributed by atoms with E-state index in [1.807, 2.05) is 0 Å². The summed E-state index contributed by atoms with van der Waals surface area (Å²) in [6.45, 7) is 4.40. The lowest BCUT2D eigenvalue weighted by Gasteiger charge is -2.28. The Bertz CT molecular complexity index is 926. The van der Waals surface area contributed by atoms with Gasteiger partial charge in [0.15, 0.2) is 0 Å². The summed E-state index contributed by atoms with van der Waals surface area (Å²) in [6, 6.07) is 17.8. The maximum Gasteiger partial charge on any atom is 0.0249 e. The molecule has 0 unspecified atom stereocenters. The highest BCUT2D eigenvalue weighted by Crippen LogP contribution is 2.34. The van der Waals surface area contributed by atoms with Crippen LogP contribution in [-0.4, -0.2) is 0 Å². The van der Waals surface area contributed by atoms with Gasteiger partial charge in [0.05, 0.1) is 0 Å². The highest BCUT2D eigenvalue weighted by Gasteiger charge is 2.20. The van der Waals surface area contributed by atoms with Gasteiger partial charge in [0.25, 0.3) is 0 Å². The van der Waals surface area contributed by atoms with Crippen molar-refractivity contribution in [1.29, 1.82) is 0 Å². The fourth-order valence-corrected chi connectivity index (χ4v) is 5.80. The van der Waals surface area contributed by atoms with E-state index in [1.165, 1.54) is 114 Å². The van der Waals surface area contributed by atoms with Gasteiger partial charge in [-0.1, -0.05) is 126 Å². The van der Waals surface area contributed by atoms with Crippen molar-refractivity contribution in [3.8, 4) is 11.8 Å². The Morgan fingerprint density at radius 1 is 0.622 bits per heavy atom. The van der Waals surface area contributed by atoms with E-state index in [1.54, 1.807) is 0 Å². The first-order chi connectivity index (χ1) is 18.3. The molecule has 0 heteroatoms. The van der Waals surface area contributed by atoms with Gasteiger partial charge in [-0.15, -0.1) is 0 Å². The third kappa shape index (κ3) is 12.2. The number of aryl methyl sites for hydroxylation is 2. The molecule has 37 heavy (non-hydrogen) atoms. The third-order valence-corrected chi connectivity index (χ3v) is 8.35. The van der Waals surface area contributed by atoms with Gasteiger partial charge in [-0.25, -0.2) is 0 Å². The van der Waals surface area contributed by atoms with Crippen LogP contribution in [0.5, 0.6) is 0 Å². The molecule has 0 atom stereocenters. The zero-order valence-corrected chi connectivity index (χ0v) is 23.9. The van der Waals surface area contributed by atoms with Gasteiger partial charge in [-0.3, -0.25) is 0 Å². The Morgan fingerprint density at radius 2 is 1.16 bits per heavy atom.